The minimum atomic E-state index is -0.506. The standard InChI is InChI=1S/C37H43N5O4/c1-25(2)36(45)41-23-5-7-32(41)34(43)38-29-17-11-26(12-18-29)9-10-27-13-19-30(20-14-27)39-35(44)33-8-6-24-42(33)37(46)28-15-21-31(22-16-28)40(3)4/h9-22,25,32-33H,5-8,23-24H2,1-4H3,(H,38,43)(H,39,44)/b10-9+/t32-,33-/m0/s1. The Morgan fingerprint density at radius 2 is 1.15 bits per heavy atom. The number of carbonyl (C=O) groups excluding carboxylic acids is 4. The highest BCUT2D eigenvalue weighted by Gasteiger charge is 2.36. The first kappa shape index (κ1) is 32.5. The molecule has 3 aromatic carbocycles. The van der Waals surface area contributed by atoms with Gasteiger partial charge in [0.15, 0.2) is 0 Å². The summed E-state index contributed by atoms with van der Waals surface area (Å²) >= 11 is 0. The molecular formula is C37H43N5O4. The second-order valence-electron chi connectivity index (χ2n) is 12.5. The number of nitrogens with one attached hydrogen (secondary N) is 2. The summed E-state index contributed by atoms with van der Waals surface area (Å²) in [5.41, 5.74) is 4.89. The van der Waals surface area contributed by atoms with E-state index >= 15 is 0 Å². The molecule has 2 saturated heterocycles. The Hall–Kier alpha value is -4.92. The van der Waals surface area contributed by atoms with Crippen LogP contribution in [0.15, 0.2) is 72.8 Å². The number of nitrogens with zero attached hydrogens (tertiary/aromatic N) is 3. The van der Waals surface area contributed by atoms with Crippen molar-refractivity contribution in [3.8, 4) is 0 Å². The Morgan fingerprint density at radius 3 is 1.61 bits per heavy atom. The van der Waals surface area contributed by atoms with Gasteiger partial charge in [-0.25, -0.2) is 0 Å². The molecule has 0 aromatic heterocycles. The predicted octanol–water partition coefficient (Wildman–Crippen LogP) is 5.75. The van der Waals surface area contributed by atoms with E-state index in [-0.39, 0.29) is 29.5 Å². The van der Waals surface area contributed by atoms with Crippen molar-refractivity contribution in [2.75, 3.05) is 42.7 Å². The molecule has 3 aromatic rings. The molecule has 2 N–H and O–H groups in total. The van der Waals surface area contributed by atoms with E-state index in [0.29, 0.717) is 42.9 Å². The Kier molecular flexibility index (Phi) is 10.2. The third-order valence-corrected chi connectivity index (χ3v) is 8.60. The van der Waals surface area contributed by atoms with Crippen LogP contribution in [0.1, 0.15) is 61.0 Å². The normalized spacial score (nSPS) is 17.8. The number of anilines is 3. The van der Waals surface area contributed by atoms with Gasteiger partial charge in [-0.3, -0.25) is 19.2 Å². The number of hydrogen-bond donors (Lipinski definition) is 2. The van der Waals surface area contributed by atoms with Crippen LogP contribution in [0.4, 0.5) is 17.1 Å². The number of rotatable bonds is 9. The van der Waals surface area contributed by atoms with E-state index in [1.165, 1.54) is 0 Å². The summed E-state index contributed by atoms with van der Waals surface area (Å²) in [6.45, 7) is 4.90. The molecule has 0 spiro atoms. The van der Waals surface area contributed by atoms with Gasteiger partial charge in [-0.1, -0.05) is 50.3 Å². The molecule has 4 amide bonds. The van der Waals surface area contributed by atoms with Crippen LogP contribution in [-0.2, 0) is 14.4 Å². The highest BCUT2D eigenvalue weighted by Crippen LogP contribution is 2.24. The molecule has 9 nitrogen and oxygen atoms in total. The van der Waals surface area contributed by atoms with E-state index in [4.69, 9.17) is 0 Å². The number of hydrogen-bond acceptors (Lipinski definition) is 5. The van der Waals surface area contributed by atoms with Crippen molar-refractivity contribution < 1.29 is 19.2 Å². The molecule has 0 saturated carbocycles. The van der Waals surface area contributed by atoms with Gasteiger partial charge in [0, 0.05) is 55.7 Å². The second-order valence-corrected chi connectivity index (χ2v) is 12.5. The molecule has 46 heavy (non-hydrogen) atoms. The summed E-state index contributed by atoms with van der Waals surface area (Å²) in [5, 5.41) is 5.94. The molecule has 5 rings (SSSR count). The second kappa shape index (κ2) is 14.5. The van der Waals surface area contributed by atoms with Crippen molar-refractivity contribution in [2.45, 2.75) is 51.6 Å². The smallest absolute Gasteiger partial charge is 0.254 e. The maximum Gasteiger partial charge on any atom is 0.254 e. The third-order valence-electron chi connectivity index (χ3n) is 8.60. The molecule has 0 unspecified atom stereocenters. The summed E-state index contributed by atoms with van der Waals surface area (Å²) < 4.78 is 0. The fraction of sp³-hybridized carbons (Fsp3) is 0.351. The molecule has 2 atom stereocenters. The molecular weight excluding hydrogens is 578 g/mol. The van der Waals surface area contributed by atoms with Crippen molar-refractivity contribution in [2.24, 2.45) is 5.92 Å². The highest BCUT2D eigenvalue weighted by molar-refractivity contribution is 6.02. The van der Waals surface area contributed by atoms with Crippen LogP contribution < -0.4 is 15.5 Å². The SMILES string of the molecule is CC(C)C(=O)N1CCC[C@H]1C(=O)Nc1ccc(/C=C/c2ccc(NC(=O)[C@@H]3CCCN3C(=O)c3ccc(N(C)C)cc3)cc2)cc1. The van der Waals surface area contributed by atoms with Crippen LogP contribution in [0.3, 0.4) is 0 Å². The first-order valence-electron chi connectivity index (χ1n) is 16.0. The largest absolute Gasteiger partial charge is 0.378 e. The zero-order valence-electron chi connectivity index (χ0n) is 27.0. The van der Waals surface area contributed by atoms with Crippen molar-refractivity contribution in [3.05, 3.63) is 89.5 Å². The monoisotopic (exact) mass is 621 g/mol. The molecule has 2 aliphatic heterocycles. The maximum absolute atomic E-state index is 13.2. The van der Waals surface area contributed by atoms with Crippen molar-refractivity contribution in [1.29, 1.82) is 0 Å². The van der Waals surface area contributed by atoms with Crippen molar-refractivity contribution in [3.63, 3.8) is 0 Å². The van der Waals surface area contributed by atoms with Crippen LogP contribution in [0.5, 0.6) is 0 Å². The summed E-state index contributed by atoms with van der Waals surface area (Å²) in [6, 6.07) is 21.6. The van der Waals surface area contributed by atoms with Gasteiger partial charge in [0.05, 0.1) is 0 Å². The van der Waals surface area contributed by atoms with Crippen LogP contribution in [0.25, 0.3) is 12.2 Å². The van der Waals surface area contributed by atoms with E-state index in [0.717, 1.165) is 29.7 Å². The summed E-state index contributed by atoms with van der Waals surface area (Å²) in [5.74, 6) is -0.574. The van der Waals surface area contributed by atoms with Crippen LogP contribution in [0, 0.1) is 5.92 Å². The first-order chi connectivity index (χ1) is 22.1. The minimum Gasteiger partial charge on any atom is -0.378 e. The molecule has 240 valence electrons. The molecule has 2 fully saturated rings. The zero-order valence-corrected chi connectivity index (χ0v) is 27.0. The van der Waals surface area contributed by atoms with Crippen LogP contribution in [-0.4, -0.2) is 72.7 Å². The van der Waals surface area contributed by atoms with Gasteiger partial charge in [-0.15, -0.1) is 0 Å². The van der Waals surface area contributed by atoms with Crippen LogP contribution in [0.2, 0.25) is 0 Å². The molecule has 0 radical (unpaired) electrons. The highest BCUT2D eigenvalue weighted by atomic mass is 16.2. The fourth-order valence-corrected chi connectivity index (χ4v) is 5.98. The summed E-state index contributed by atoms with van der Waals surface area (Å²) in [7, 11) is 3.90. The number of carbonyl (C=O) groups is 4. The summed E-state index contributed by atoms with van der Waals surface area (Å²) in [4.78, 5) is 57.1. The van der Waals surface area contributed by atoms with Gasteiger partial charge in [0.2, 0.25) is 17.7 Å². The van der Waals surface area contributed by atoms with Gasteiger partial charge < -0.3 is 25.3 Å². The number of likely N-dealkylation sites (tertiary alicyclic amines) is 2. The quantitative estimate of drug-likeness (QED) is 0.296. The lowest BCUT2D eigenvalue weighted by Gasteiger charge is -2.25. The molecule has 0 aliphatic carbocycles. The number of benzene rings is 3. The van der Waals surface area contributed by atoms with Gasteiger partial charge in [0.1, 0.15) is 12.1 Å². The summed E-state index contributed by atoms with van der Waals surface area (Å²) in [6.07, 6.45) is 6.89. The average Bonchev–Trinajstić information content (AvgIpc) is 3.75. The van der Waals surface area contributed by atoms with Crippen molar-refractivity contribution in [1.82, 2.24) is 9.80 Å². The van der Waals surface area contributed by atoms with Gasteiger partial charge in [0.25, 0.3) is 5.91 Å². The molecule has 9 heteroatoms. The first-order valence-corrected chi connectivity index (χ1v) is 16.0. The number of amides is 4. The maximum atomic E-state index is 13.2. The Labute approximate surface area is 271 Å². The van der Waals surface area contributed by atoms with E-state index in [1.54, 1.807) is 9.80 Å². The zero-order chi connectivity index (χ0) is 32.8. The molecule has 0 bridgehead atoms. The Balaban J connectivity index is 1.13. The van der Waals surface area contributed by atoms with Crippen LogP contribution >= 0.6 is 0 Å². The van der Waals surface area contributed by atoms with E-state index in [9.17, 15) is 19.2 Å². The fourth-order valence-electron chi connectivity index (χ4n) is 5.98. The van der Waals surface area contributed by atoms with E-state index in [2.05, 4.69) is 10.6 Å². The minimum absolute atomic E-state index is 0.0170. The van der Waals surface area contributed by atoms with Gasteiger partial charge in [-0.2, -0.15) is 0 Å². The van der Waals surface area contributed by atoms with E-state index < -0.39 is 12.1 Å². The average molecular weight is 622 g/mol. The lowest BCUT2D eigenvalue weighted by atomic mass is 10.1. The lowest BCUT2D eigenvalue weighted by Crippen LogP contribution is -2.44. The van der Waals surface area contributed by atoms with Crippen molar-refractivity contribution >= 4 is 52.8 Å². The Bertz CT molecular complexity index is 1580. The van der Waals surface area contributed by atoms with Gasteiger partial charge in [-0.05, 0) is 85.3 Å². The molecule has 2 aliphatic rings. The predicted molar refractivity (Wildman–Crippen MR) is 183 cm³/mol. The Morgan fingerprint density at radius 1 is 0.696 bits per heavy atom. The van der Waals surface area contributed by atoms with E-state index in [1.807, 2.05) is 118 Å². The third kappa shape index (κ3) is 7.65. The topological polar surface area (TPSA) is 102 Å². The molecule has 2 heterocycles. The van der Waals surface area contributed by atoms with Gasteiger partial charge >= 0.3 is 0 Å². The lowest BCUT2D eigenvalue weighted by molar-refractivity contribution is -0.139.